The molecule has 0 fully saturated rings. The Labute approximate surface area is 524 Å². The molecule has 0 aliphatic rings. The maximum absolute atomic E-state index is 6.65. The molecule has 0 amide bonds. The molecule has 0 spiro atoms. The van der Waals surface area contributed by atoms with Gasteiger partial charge in [0.05, 0.1) is 54.4 Å². The van der Waals surface area contributed by atoms with Gasteiger partial charge < -0.3 is 9.13 Å². The molecule has 0 radical (unpaired) electrons. The number of aromatic nitrogens is 6. The van der Waals surface area contributed by atoms with Gasteiger partial charge in [-0.2, -0.15) is 0 Å². The van der Waals surface area contributed by atoms with Crippen LogP contribution in [0.4, 0.5) is 0 Å². The smallest absolute Gasteiger partial charge is 0.165 e. The zero-order chi connectivity index (χ0) is 61.2. The second-order valence-corrected chi connectivity index (χ2v) is 29.7. The van der Waals surface area contributed by atoms with E-state index in [1.807, 2.05) is 0 Å². The fourth-order valence-corrected chi connectivity index (χ4v) is 15.1. The molecule has 0 atom stereocenters. The normalized spacial score (nSPS) is 12.9. The van der Waals surface area contributed by atoms with Crippen LogP contribution in [0.5, 0.6) is 0 Å². The number of pyridine rings is 1. The molecule has 16 aromatic rings. The number of fused-ring (bicyclic) bond motifs is 13. The van der Waals surface area contributed by atoms with E-state index in [1.54, 1.807) is 11.3 Å². The third-order valence-corrected chi connectivity index (χ3v) is 19.9. The molecule has 6 nitrogen and oxygen atoms in total. The van der Waals surface area contributed by atoms with Gasteiger partial charge in [-0.05, 0) is 134 Å². The van der Waals surface area contributed by atoms with Gasteiger partial charge in [-0.25, -0.2) is 9.97 Å². The molecule has 89 heavy (non-hydrogen) atoms. The molecular weight excluding hydrogens is 1100 g/mol. The van der Waals surface area contributed by atoms with E-state index in [0.717, 1.165) is 99.1 Å². The van der Waals surface area contributed by atoms with Crippen LogP contribution < -0.4 is 0 Å². The van der Waals surface area contributed by atoms with Crippen molar-refractivity contribution in [1.29, 1.82) is 0 Å². The second kappa shape index (κ2) is 19.5. The zero-order valence-electron chi connectivity index (χ0n) is 52.9. The van der Waals surface area contributed by atoms with Gasteiger partial charge >= 0.3 is 0 Å². The Kier molecular flexibility index (Phi) is 12.0. The van der Waals surface area contributed by atoms with E-state index in [-0.39, 0.29) is 21.7 Å². The largest absolute Gasteiger partial charge is 0.305 e. The van der Waals surface area contributed by atoms with Gasteiger partial charge in [0.15, 0.2) is 11.6 Å². The van der Waals surface area contributed by atoms with E-state index in [9.17, 15) is 0 Å². The molecule has 6 aromatic heterocycles. The van der Waals surface area contributed by atoms with Crippen LogP contribution in [0.1, 0.15) is 105 Å². The first-order valence-electron chi connectivity index (χ1n) is 31.4. The molecule has 0 unspecified atom stereocenters. The summed E-state index contributed by atoms with van der Waals surface area (Å²) in [6, 6.07) is 82.3. The number of para-hydroxylation sites is 5. The van der Waals surface area contributed by atoms with E-state index < -0.39 is 0 Å². The lowest BCUT2D eigenvalue weighted by Gasteiger charge is -2.28. The van der Waals surface area contributed by atoms with Crippen LogP contribution in [0.2, 0.25) is 0 Å². The lowest BCUT2D eigenvalue weighted by atomic mass is 9.86. The minimum atomic E-state index is -0.103. The maximum atomic E-state index is 6.65. The molecule has 0 N–H and O–H groups in total. The van der Waals surface area contributed by atoms with Gasteiger partial charge in [0, 0.05) is 54.2 Å². The summed E-state index contributed by atoms with van der Waals surface area (Å²) in [4.78, 5) is 12.2. The Morgan fingerprint density at radius 3 is 0.955 bits per heavy atom. The molecular formula is C82H72N6S. The van der Waals surface area contributed by atoms with Crippen molar-refractivity contribution < 1.29 is 0 Å². The Hall–Kier alpha value is -9.56. The van der Waals surface area contributed by atoms with E-state index >= 15 is 0 Å². The van der Waals surface area contributed by atoms with Crippen molar-refractivity contribution in [2.45, 2.75) is 105 Å². The van der Waals surface area contributed by atoms with Crippen molar-refractivity contribution in [3.05, 3.63) is 241 Å². The Bertz CT molecular complexity index is 5290. The van der Waals surface area contributed by atoms with Gasteiger partial charge in [0.1, 0.15) is 16.4 Å². The monoisotopic (exact) mass is 1170 g/mol. The first-order chi connectivity index (χ1) is 42.7. The maximum Gasteiger partial charge on any atom is 0.165 e. The third-order valence-electron chi connectivity index (χ3n) is 18.9. The third kappa shape index (κ3) is 8.48. The Morgan fingerprint density at radius 2 is 0.584 bits per heavy atom. The molecule has 7 heteroatoms. The molecule has 6 heterocycles. The van der Waals surface area contributed by atoms with Crippen molar-refractivity contribution in [3.63, 3.8) is 0 Å². The van der Waals surface area contributed by atoms with Crippen LogP contribution in [0, 0.1) is 0 Å². The molecule has 0 aliphatic carbocycles. The minimum absolute atomic E-state index is 0.0959. The summed E-state index contributed by atoms with van der Waals surface area (Å²) in [5.41, 5.74) is 19.4. The topological polar surface area (TPSA) is 45.5 Å². The summed E-state index contributed by atoms with van der Waals surface area (Å²) >= 11 is 1.75. The van der Waals surface area contributed by atoms with Crippen molar-refractivity contribution in [2.75, 3.05) is 0 Å². The van der Waals surface area contributed by atoms with Gasteiger partial charge in [0.25, 0.3) is 0 Å². The predicted molar refractivity (Wildman–Crippen MR) is 380 cm³/mol. The average Bonchev–Trinajstić information content (AvgIpc) is 1.61. The Balaban J connectivity index is 1.23. The SMILES string of the molecule is CC(C)(C)c1ccc2c(c1)c1ccccc1n2-c1nc(-n2c3ccccc3c3cc(C(C)(C)C)ccc32)c(-n2c3ccccc3c3cc(C(C)(C)C)ccc32)c(-c2ccccc2-c2nc3ccccc3s2)c1-n1c2ccccc2c2cc(C(C)(C)C)ccc21. The number of hydrogen-bond acceptors (Lipinski definition) is 3. The van der Waals surface area contributed by atoms with E-state index in [2.05, 4.69) is 320 Å². The molecule has 0 saturated heterocycles. The highest BCUT2D eigenvalue weighted by molar-refractivity contribution is 7.21. The van der Waals surface area contributed by atoms with Crippen molar-refractivity contribution in [3.8, 4) is 44.7 Å². The molecule has 0 bridgehead atoms. The van der Waals surface area contributed by atoms with Gasteiger partial charge in [-0.15, -0.1) is 11.3 Å². The van der Waals surface area contributed by atoms with Crippen LogP contribution >= 0.6 is 11.3 Å². The first kappa shape index (κ1) is 54.8. The van der Waals surface area contributed by atoms with Crippen molar-refractivity contribution in [1.82, 2.24) is 28.2 Å². The number of nitrogens with zero attached hydrogens (tertiary/aromatic N) is 6. The molecule has 10 aromatic carbocycles. The number of rotatable bonds is 6. The fraction of sp³-hybridized carbons (Fsp3) is 0.195. The van der Waals surface area contributed by atoms with Crippen LogP contribution in [0.15, 0.2) is 218 Å². The quantitative estimate of drug-likeness (QED) is 0.167. The van der Waals surface area contributed by atoms with Crippen LogP contribution in [-0.4, -0.2) is 28.2 Å². The Morgan fingerprint density at radius 1 is 0.281 bits per heavy atom. The zero-order valence-corrected chi connectivity index (χ0v) is 53.7. The van der Waals surface area contributed by atoms with Gasteiger partial charge in [0.2, 0.25) is 0 Å². The van der Waals surface area contributed by atoms with Crippen LogP contribution in [-0.2, 0) is 21.7 Å². The van der Waals surface area contributed by atoms with E-state index in [1.165, 1.54) is 65.3 Å². The van der Waals surface area contributed by atoms with Crippen LogP contribution in [0.3, 0.4) is 0 Å². The van der Waals surface area contributed by atoms with Crippen molar-refractivity contribution >= 4 is 109 Å². The summed E-state index contributed by atoms with van der Waals surface area (Å²) in [5.74, 6) is 1.62. The summed E-state index contributed by atoms with van der Waals surface area (Å²) in [6.45, 7) is 27.8. The predicted octanol–water partition coefficient (Wildman–Crippen LogP) is 22.6. The van der Waals surface area contributed by atoms with E-state index in [4.69, 9.17) is 9.97 Å². The molecule has 436 valence electrons. The number of benzene rings is 10. The standard InChI is InChI=1S/C82H72N6S/c1-79(2,3)49-37-41-68-59(45-49)53-25-15-20-32-64(53)85(68)74-73(57-29-13-14-30-58(57)78-83-63-31-19-24-36-72(63)89-78)75(86-65-33-21-16-26-54(65)60-46-50(80(4,5)6)38-42-69(60)86)77(88-67-35-23-18-28-56(67)62-48-52(82(10,11)12)40-44-71(62)88)84-76(74)87-66-34-22-17-27-55(66)61-47-51(81(7,8)9)39-43-70(61)87/h13-48H,1-12H3. The first-order valence-corrected chi connectivity index (χ1v) is 32.2. The molecule has 0 aliphatic heterocycles. The summed E-state index contributed by atoms with van der Waals surface area (Å²) < 4.78 is 11.3. The fourth-order valence-electron chi connectivity index (χ4n) is 14.1. The van der Waals surface area contributed by atoms with Gasteiger partial charge in [-0.1, -0.05) is 217 Å². The highest BCUT2D eigenvalue weighted by Crippen LogP contribution is 2.52. The van der Waals surface area contributed by atoms with E-state index in [0.29, 0.717) is 0 Å². The lowest BCUT2D eigenvalue weighted by molar-refractivity contribution is 0.591. The number of thiazole rings is 1. The average molecular weight is 1170 g/mol. The highest BCUT2D eigenvalue weighted by atomic mass is 32.1. The molecule has 16 rings (SSSR count). The molecule has 0 saturated carbocycles. The second-order valence-electron chi connectivity index (χ2n) is 28.7. The summed E-state index contributed by atoms with van der Waals surface area (Å²) in [6.07, 6.45) is 0. The summed E-state index contributed by atoms with van der Waals surface area (Å²) in [7, 11) is 0. The summed E-state index contributed by atoms with van der Waals surface area (Å²) in [5, 5.41) is 10.4. The van der Waals surface area contributed by atoms with Crippen molar-refractivity contribution in [2.24, 2.45) is 0 Å². The number of hydrogen-bond donors (Lipinski definition) is 0. The lowest BCUT2D eigenvalue weighted by Crippen LogP contribution is -2.16. The van der Waals surface area contributed by atoms with Gasteiger partial charge in [-0.3, -0.25) is 9.13 Å². The highest BCUT2D eigenvalue weighted by Gasteiger charge is 2.35. The minimum Gasteiger partial charge on any atom is -0.305 e. The van der Waals surface area contributed by atoms with Crippen LogP contribution in [0.25, 0.3) is 142 Å².